The molecule has 0 fully saturated rings. The molecule has 1 amide bonds. The van der Waals surface area contributed by atoms with Crippen LogP contribution >= 0.6 is 0 Å². The van der Waals surface area contributed by atoms with Crippen molar-refractivity contribution in [2.24, 2.45) is 0 Å². The fraction of sp³-hybridized carbons (Fsp3) is 0.269. The molecule has 32 heavy (non-hydrogen) atoms. The van der Waals surface area contributed by atoms with E-state index in [1.165, 1.54) is 0 Å². The van der Waals surface area contributed by atoms with Crippen LogP contribution in [0.5, 0.6) is 17.2 Å². The molecule has 0 radical (unpaired) electrons. The number of hydrogen-bond donors (Lipinski definition) is 1. The molecule has 6 heteroatoms. The molecule has 6 nitrogen and oxygen atoms in total. The number of allylic oxidation sites excluding steroid dienone is 1. The zero-order valence-corrected chi connectivity index (χ0v) is 19.2. The summed E-state index contributed by atoms with van der Waals surface area (Å²) in [5.74, 6) is 1.81. The van der Waals surface area contributed by atoms with Crippen molar-refractivity contribution in [3.8, 4) is 28.4 Å². The molecule has 3 aromatic rings. The number of amides is 1. The number of hydrogen-bond acceptors (Lipinski definition) is 5. The van der Waals surface area contributed by atoms with Gasteiger partial charge in [0, 0.05) is 34.7 Å². The quantitative estimate of drug-likeness (QED) is 0.353. The molecule has 0 saturated heterocycles. The number of methoxy groups -OCH3 is 2. The number of furan rings is 1. The number of carbonyl (C=O) groups excluding carboxylic acids is 1. The Balaban J connectivity index is 2.18. The molecular weight excluding hydrogens is 406 g/mol. The molecule has 0 aliphatic rings. The Bertz CT molecular complexity index is 1170. The molecule has 0 unspecified atom stereocenters. The van der Waals surface area contributed by atoms with Crippen LogP contribution in [0.3, 0.4) is 0 Å². The zero-order chi connectivity index (χ0) is 23.3. The van der Waals surface area contributed by atoms with Gasteiger partial charge >= 0.3 is 0 Å². The maximum atomic E-state index is 12.3. The maximum absolute atomic E-state index is 12.3. The summed E-state index contributed by atoms with van der Waals surface area (Å²) in [5.41, 5.74) is 5.10. The Morgan fingerprint density at radius 3 is 2.59 bits per heavy atom. The van der Waals surface area contributed by atoms with Crippen LogP contribution in [-0.4, -0.2) is 33.3 Å². The number of rotatable bonds is 9. The van der Waals surface area contributed by atoms with Crippen molar-refractivity contribution in [1.29, 1.82) is 0 Å². The van der Waals surface area contributed by atoms with E-state index in [0.29, 0.717) is 30.4 Å². The largest absolute Gasteiger partial charge is 0.493 e. The van der Waals surface area contributed by atoms with Crippen molar-refractivity contribution in [2.75, 3.05) is 27.4 Å². The molecule has 0 aliphatic heterocycles. The minimum atomic E-state index is -0.185. The lowest BCUT2D eigenvalue weighted by Crippen LogP contribution is -2.20. The molecule has 0 aliphatic carbocycles. The molecule has 1 heterocycles. The van der Waals surface area contributed by atoms with Crippen molar-refractivity contribution >= 4 is 22.4 Å². The van der Waals surface area contributed by atoms with Crippen LogP contribution in [-0.2, 0) is 4.79 Å². The molecular formula is C26H29NO5. The van der Waals surface area contributed by atoms with Gasteiger partial charge in [-0.05, 0) is 50.1 Å². The first kappa shape index (κ1) is 23.0. The zero-order valence-electron chi connectivity index (χ0n) is 19.2. The molecule has 0 spiro atoms. The molecule has 1 N–H and O–H groups in total. The molecule has 0 bridgehead atoms. The number of fused-ring (bicyclic) bond motifs is 1. The lowest BCUT2D eigenvalue weighted by molar-refractivity contribution is -0.116. The molecule has 0 saturated carbocycles. The highest BCUT2D eigenvalue weighted by Crippen LogP contribution is 2.42. The van der Waals surface area contributed by atoms with E-state index in [1.807, 2.05) is 45.0 Å². The fourth-order valence-electron chi connectivity index (χ4n) is 3.66. The van der Waals surface area contributed by atoms with Crippen molar-refractivity contribution in [3.63, 3.8) is 0 Å². The lowest BCUT2D eigenvalue weighted by Gasteiger charge is -2.15. The fourth-order valence-corrected chi connectivity index (χ4v) is 3.66. The number of benzene rings is 2. The van der Waals surface area contributed by atoms with Crippen molar-refractivity contribution in [1.82, 2.24) is 5.32 Å². The third-order valence-electron chi connectivity index (χ3n) is 5.22. The Morgan fingerprint density at radius 1 is 1.19 bits per heavy atom. The van der Waals surface area contributed by atoms with Gasteiger partial charge in [0.15, 0.2) is 11.5 Å². The van der Waals surface area contributed by atoms with E-state index in [-0.39, 0.29) is 5.91 Å². The van der Waals surface area contributed by atoms with Gasteiger partial charge in [-0.1, -0.05) is 12.1 Å². The number of nitrogens with one attached hydrogen (secondary N) is 1. The van der Waals surface area contributed by atoms with Crippen LogP contribution in [0.15, 0.2) is 53.7 Å². The van der Waals surface area contributed by atoms with Gasteiger partial charge in [-0.15, -0.1) is 6.58 Å². The minimum absolute atomic E-state index is 0.185. The van der Waals surface area contributed by atoms with Gasteiger partial charge in [0.1, 0.15) is 11.3 Å². The van der Waals surface area contributed by atoms with Gasteiger partial charge in [-0.3, -0.25) is 4.79 Å². The average Bonchev–Trinajstić information content (AvgIpc) is 3.23. The second kappa shape index (κ2) is 10.1. The van der Waals surface area contributed by atoms with Gasteiger partial charge in [0.2, 0.25) is 5.91 Å². The van der Waals surface area contributed by atoms with Gasteiger partial charge in [-0.25, -0.2) is 0 Å². The van der Waals surface area contributed by atoms with Crippen LogP contribution in [0, 0.1) is 6.92 Å². The predicted octanol–water partition coefficient (Wildman–Crippen LogP) is 5.53. The highest BCUT2D eigenvalue weighted by atomic mass is 16.5. The van der Waals surface area contributed by atoms with Crippen molar-refractivity contribution in [2.45, 2.75) is 20.8 Å². The smallest absolute Gasteiger partial charge is 0.244 e. The summed E-state index contributed by atoms with van der Waals surface area (Å²) in [6.07, 6.45) is 4.95. The molecule has 168 valence electrons. The maximum Gasteiger partial charge on any atom is 0.244 e. The summed E-state index contributed by atoms with van der Waals surface area (Å²) in [6.45, 7) is 10.3. The van der Waals surface area contributed by atoms with Crippen LogP contribution in [0.1, 0.15) is 25.0 Å². The lowest BCUT2D eigenvalue weighted by atomic mass is 9.96. The number of aryl methyl sites for hydroxylation is 1. The van der Waals surface area contributed by atoms with Crippen LogP contribution < -0.4 is 19.5 Å². The second-order valence-electron chi connectivity index (χ2n) is 7.27. The van der Waals surface area contributed by atoms with E-state index >= 15 is 0 Å². The van der Waals surface area contributed by atoms with Crippen LogP contribution in [0.25, 0.3) is 27.7 Å². The Hall–Kier alpha value is -3.67. The highest BCUT2D eigenvalue weighted by molar-refractivity contribution is 6.01. The van der Waals surface area contributed by atoms with Crippen molar-refractivity contribution in [3.05, 3.63) is 60.4 Å². The molecule has 0 atom stereocenters. The number of carbonyl (C=O) groups is 1. The molecule has 1 aromatic heterocycles. The summed E-state index contributed by atoms with van der Waals surface area (Å²) in [5, 5.41) is 3.70. The highest BCUT2D eigenvalue weighted by Gasteiger charge is 2.20. The van der Waals surface area contributed by atoms with E-state index in [4.69, 9.17) is 18.6 Å². The normalized spacial score (nSPS) is 11.3. The first-order chi connectivity index (χ1) is 15.4. The summed E-state index contributed by atoms with van der Waals surface area (Å²) in [7, 11) is 3.22. The topological polar surface area (TPSA) is 69.9 Å². The predicted molar refractivity (Wildman–Crippen MR) is 128 cm³/mol. The molecule has 3 rings (SSSR count). The number of ether oxygens (including phenoxy) is 3. The van der Waals surface area contributed by atoms with Crippen molar-refractivity contribution < 1.29 is 23.4 Å². The summed E-state index contributed by atoms with van der Waals surface area (Å²) >= 11 is 0. The summed E-state index contributed by atoms with van der Waals surface area (Å²) in [6, 6.07) is 7.75. The van der Waals surface area contributed by atoms with E-state index in [9.17, 15) is 4.79 Å². The summed E-state index contributed by atoms with van der Waals surface area (Å²) < 4.78 is 22.7. The Labute approximate surface area is 188 Å². The standard InChI is InChI=1S/C26H29NO5/c1-7-11-27-24(28)12-16(3)19-14-20-21(15-32-26(20)17(4)25(19)31-8-2)18-9-10-22(29-5)23(13-18)30-6/h7,9-10,12-15H,1,8,11H2,2-6H3,(H,27,28)/b16-12+. The Kier molecular flexibility index (Phi) is 7.25. The molecule has 2 aromatic carbocycles. The van der Waals surface area contributed by atoms with E-state index in [2.05, 4.69) is 11.9 Å². The summed E-state index contributed by atoms with van der Waals surface area (Å²) in [4.78, 5) is 12.3. The first-order valence-electron chi connectivity index (χ1n) is 10.4. The minimum Gasteiger partial charge on any atom is -0.493 e. The van der Waals surface area contributed by atoms with E-state index in [1.54, 1.807) is 32.6 Å². The second-order valence-corrected chi connectivity index (χ2v) is 7.27. The van der Waals surface area contributed by atoms with Gasteiger partial charge in [0.05, 0.1) is 27.1 Å². The average molecular weight is 436 g/mol. The Morgan fingerprint density at radius 2 is 1.94 bits per heavy atom. The third kappa shape index (κ3) is 4.49. The SMILES string of the molecule is C=CCNC(=O)/C=C(\C)c1cc2c(-c3ccc(OC)c(OC)c3)coc2c(C)c1OCC. The monoisotopic (exact) mass is 435 g/mol. The van der Waals surface area contributed by atoms with E-state index in [0.717, 1.165) is 38.8 Å². The van der Waals surface area contributed by atoms with E-state index < -0.39 is 0 Å². The van der Waals surface area contributed by atoms with Crippen LogP contribution in [0.4, 0.5) is 0 Å². The van der Waals surface area contributed by atoms with Gasteiger partial charge < -0.3 is 23.9 Å². The van der Waals surface area contributed by atoms with Gasteiger partial charge in [0.25, 0.3) is 0 Å². The van der Waals surface area contributed by atoms with Crippen LogP contribution in [0.2, 0.25) is 0 Å². The first-order valence-corrected chi connectivity index (χ1v) is 10.4. The third-order valence-corrected chi connectivity index (χ3v) is 5.22. The van der Waals surface area contributed by atoms with Gasteiger partial charge in [-0.2, -0.15) is 0 Å².